The Morgan fingerprint density at radius 3 is 2.56 bits per heavy atom. The van der Waals surface area contributed by atoms with Crippen molar-refractivity contribution in [3.8, 4) is 11.1 Å². The Balaban J connectivity index is 1.38. The summed E-state index contributed by atoms with van der Waals surface area (Å²) in [6, 6.07) is 6.32. The number of aromatic amines is 1. The number of likely N-dealkylation sites (tertiary alicyclic amines) is 1. The van der Waals surface area contributed by atoms with E-state index in [1.807, 2.05) is 12.3 Å². The predicted molar refractivity (Wildman–Crippen MR) is 132 cm³/mol. The van der Waals surface area contributed by atoms with Gasteiger partial charge in [-0.3, -0.25) is 18.8 Å². The van der Waals surface area contributed by atoms with E-state index in [2.05, 4.69) is 27.4 Å². The number of hydrogen-bond acceptors (Lipinski definition) is 5. The molecule has 0 aliphatic carbocycles. The van der Waals surface area contributed by atoms with Gasteiger partial charge < -0.3 is 10.7 Å². The zero-order chi connectivity index (χ0) is 22.0. The number of benzene rings is 1. The van der Waals surface area contributed by atoms with Crippen LogP contribution < -0.4 is 5.73 Å². The van der Waals surface area contributed by atoms with E-state index in [0.717, 1.165) is 54.3 Å². The topological polar surface area (TPSA) is 103 Å². The van der Waals surface area contributed by atoms with Gasteiger partial charge in [-0.25, -0.2) is 0 Å². The molecule has 3 atom stereocenters. The van der Waals surface area contributed by atoms with Crippen LogP contribution in [-0.4, -0.2) is 48.5 Å². The van der Waals surface area contributed by atoms with Crippen LogP contribution >= 0.6 is 21.9 Å². The Kier molecular flexibility index (Phi) is 4.93. The molecule has 6 nitrogen and oxygen atoms in total. The molecular formula is C24H29N3O3S2. The van der Waals surface area contributed by atoms with E-state index in [1.165, 1.54) is 30.0 Å². The minimum Gasteiger partial charge on any atom is -0.366 e. The molecule has 1 amide bonds. The molecule has 3 saturated heterocycles. The molecule has 3 aliphatic rings. The van der Waals surface area contributed by atoms with E-state index < -0.39 is 16.5 Å². The van der Waals surface area contributed by atoms with Gasteiger partial charge in [0.1, 0.15) is 0 Å². The third kappa shape index (κ3) is 3.31. The quantitative estimate of drug-likeness (QED) is 0.402. The molecule has 5 N–H and O–H groups in total. The number of hydrogen-bond donors (Lipinski definition) is 4. The second-order valence-electron chi connectivity index (χ2n) is 9.62. The molecule has 1 unspecified atom stereocenters. The van der Waals surface area contributed by atoms with E-state index in [9.17, 15) is 13.9 Å². The van der Waals surface area contributed by atoms with Crippen LogP contribution in [0.1, 0.15) is 58.8 Å². The van der Waals surface area contributed by atoms with Gasteiger partial charge in [-0.05, 0) is 91.4 Å². The normalized spacial score (nSPS) is 28.0. The first-order valence-corrected chi connectivity index (χ1v) is 14.0. The molecule has 3 aliphatic heterocycles. The van der Waals surface area contributed by atoms with Gasteiger partial charge in [0.05, 0.1) is 11.1 Å². The maximum absolute atomic E-state index is 12.3. The lowest BCUT2D eigenvalue weighted by molar-refractivity contribution is 0.100. The summed E-state index contributed by atoms with van der Waals surface area (Å²) < 4.78 is 21.1. The molecule has 32 heavy (non-hydrogen) atoms. The zero-order valence-electron chi connectivity index (χ0n) is 17.9. The molecule has 3 aromatic rings. The molecule has 8 heteroatoms. The molecule has 6 rings (SSSR count). The van der Waals surface area contributed by atoms with E-state index in [-0.39, 0.29) is 16.4 Å². The highest BCUT2D eigenvalue weighted by Crippen LogP contribution is 2.66. The average Bonchev–Trinajstić information content (AvgIpc) is 3.38. The van der Waals surface area contributed by atoms with Gasteiger partial charge >= 0.3 is 0 Å². The number of nitrogens with two attached hydrogens (primary N) is 1. The van der Waals surface area contributed by atoms with Crippen LogP contribution in [0.2, 0.25) is 0 Å². The Bertz CT molecular complexity index is 1180. The number of rotatable bonds is 5. The van der Waals surface area contributed by atoms with Crippen LogP contribution in [0.5, 0.6) is 0 Å². The van der Waals surface area contributed by atoms with Crippen molar-refractivity contribution in [3.05, 3.63) is 45.8 Å². The number of primary amides is 1. The summed E-state index contributed by atoms with van der Waals surface area (Å²) in [6.07, 6.45) is 6.67. The number of amides is 1. The summed E-state index contributed by atoms with van der Waals surface area (Å²) in [5.74, 6) is -0.166. The minimum atomic E-state index is -2.47. The summed E-state index contributed by atoms with van der Waals surface area (Å²) in [5.41, 5.74) is 10.4. The lowest BCUT2D eigenvalue weighted by Gasteiger charge is -2.46. The summed E-state index contributed by atoms with van der Waals surface area (Å²) in [7, 11) is -2.47. The standard InChI is InChI=1S/C24H29N3O3S2/c25-24(28)21-10-14(16-6-17(31-13-16)12-27-4-1-5-27)9-20-22(11-26-23(20)21)15-7-18-2-3-19(8-15)32(18,29)30/h6,9-11,13,15,18-19,26,29-30H,1-5,7-8,12H2,(H2,25,28)/t15?,18-,19+. The van der Waals surface area contributed by atoms with E-state index in [1.54, 1.807) is 11.3 Å². The molecule has 2 bridgehead atoms. The van der Waals surface area contributed by atoms with Crippen molar-refractivity contribution in [3.63, 3.8) is 0 Å². The lowest BCUT2D eigenvalue weighted by Crippen LogP contribution is -2.35. The molecule has 2 aromatic heterocycles. The highest BCUT2D eigenvalue weighted by molar-refractivity contribution is 8.25. The van der Waals surface area contributed by atoms with Gasteiger partial charge in [-0.1, -0.05) is 0 Å². The van der Waals surface area contributed by atoms with Crippen LogP contribution in [0.25, 0.3) is 22.0 Å². The number of nitrogens with one attached hydrogen (secondary N) is 1. The third-order valence-corrected chi connectivity index (χ3v) is 11.5. The third-order valence-electron chi connectivity index (χ3n) is 7.73. The van der Waals surface area contributed by atoms with Crippen molar-refractivity contribution in [1.29, 1.82) is 0 Å². The van der Waals surface area contributed by atoms with Crippen molar-refractivity contribution in [1.82, 2.24) is 9.88 Å². The number of nitrogens with zero attached hydrogens (tertiary/aromatic N) is 1. The summed E-state index contributed by atoms with van der Waals surface area (Å²) in [6.45, 7) is 3.33. The molecule has 1 aromatic carbocycles. The Hall–Kier alpha value is -1.84. The van der Waals surface area contributed by atoms with Crippen LogP contribution in [0.15, 0.2) is 29.8 Å². The van der Waals surface area contributed by atoms with Gasteiger partial charge in [0, 0.05) is 33.5 Å². The molecule has 0 radical (unpaired) electrons. The highest BCUT2D eigenvalue weighted by Gasteiger charge is 2.47. The zero-order valence-corrected chi connectivity index (χ0v) is 19.6. The van der Waals surface area contributed by atoms with Crippen molar-refractivity contribution in [2.45, 2.75) is 55.1 Å². The van der Waals surface area contributed by atoms with Gasteiger partial charge in [0.2, 0.25) is 0 Å². The summed E-state index contributed by atoms with van der Waals surface area (Å²) in [5, 5.41) is 3.20. The maximum atomic E-state index is 12.3. The first-order valence-electron chi connectivity index (χ1n) is 11.4. The van der Waals surface area contributed by atoms with Crippen LogP contribution in [0, 0.1) is 0 Å². The summed E-state index contributed by atoms with van der Waals surface area (Å²) in [4.78, 5) is 19.4. The molecular weight excluding hydrogens is 442 g/mol. The maximum Gasteiger partial charge on any atom is 0.250 e. The first-order chi connectivity index (χ1) is 15.4. The largest absolute Gasteiger partial charge is 0.366 e. The smallest absolute Gasteiger partial charge is 0.250 e. The van der Waals surface area contributed by atoms with Gasteiger partial charge in [0.25, 0.3) is 5.91 Å². The molecule has 0 saturated carbocycles. The van der Waals surface area contributed by atoms with Crippen molar-refractivity contribution >= 4 is 38.7 Å². The Morgan fingerprint density at radius 1 is 1.16 bits per heavy atom. The van der Waals surface area contributed by atoms with E-state index >= 15 is 0 Å². The number of carbonyl (C=O) groups excluding carboxylic acids is 1. The summed E-state index contributed by atoms with van der Waals surface area (Å²) >= 11 is 1.77. The second kappa shape index (κ2) is 7.60. The van der Waals surface area contributed by atoms with Crippen LogP contribution in [0.3, 0.4) is 0 Å². The molecule has 3 fully saturated rings. The Labute approximate surface area is 193 Å². The fourth-order valence-corrected chi connectivity index (χ4v) is 9.30. The predicted octanol–water partition coefficient (Wildman–Crippen LogP) is 5.36. The molecule has 170 valence electrons. The van der Waals surface area contributed by atoms with Crippen molar-refractivity contribution in [2.75, 3.05) is 13.1 Å². The number of aromatic nitrogens is 1. The average molecular weight is 472 g/mol. The molecule has 5 heterocycles. The highest BCUT2D eigenvalue weighted by atomic mass is 32.3. The van der Waals surface area contributed by atoms with Gasteiger partial charge in [-0.2, -0.15) is 10.6 Å². The Morgan fingerprint density at radius 2 is 1.91 bits per heavy atom. The van der Waals surface area contributed by atoms with E-state index in [0.29, 0.717) is 5.56 Å². The molecule has 0 spiro atoms. The lowest BCUT2D eigenvalue weighted by atomic mass is 9.89. The minimum absolute atomic E-state index is 0.00377. The number of thiophene rings is 1. The van der Waals surface area contributed by atoms with Gasteiger partial charge in [-0.15, -0.1) is 11.3 Å². The number of fused-ring (bicyclic) bond motifs is 3. The number of H-pyrrole nitrogens is 1. The van der Waals surface area contributed by atoms with E-state index in [4.69, 9.17) is 5.73 Å². The first kappa shape index (κ1) is 20.7. The fourth-order valence-electron chi connectivity index (χ4n) is 5.82. The second-order valence-corrected chi connectivity index (χ2v) is 13.2. The van der Waals surface area contributed by atoms with Crippen molar-refractivity contribution in [2.24, 2.45) is 5.73 Å². The monoisotopic (exact) mass is 471 g/mol. The van der Waals surface area contributed by atoms with Crippen molar-refractivity contribution < 1.29 is 13.9 Å². The van der Waals surface area contributed by atoms with Crippen LogP contribution in [0.4, 0.5) is 0 Å². The SMILES string of the molecule is NC(=O)c1cc(-c2csc(CN3CCC3)c2)cc2c(C3C[C@H]4CC[C@@H](C3)S4(O)O)c[nH]c12. The number of carbonyl (C=O) groups is 1. The van der Waals surface area contributed by atoms with Gasteiger partial charge in [0.15, 0.2) is 0 Å². The fraction of sp³-hybridized carbons (Fsp3) is 0.458. The van der Waals surface area contributed by atoms with Crippen LogP contribution in [-0.2, 0) is 6.54 Å².